The monoisotopic (exact) mass is 239 g/mol. The highest BCUT2D eigenvalue weighted by Crippen LogP contribution is 2.17. The van der Waals surface area contributed by atoms with E-state index in [0.717, 1.165) is 5.56 Å². The summed E-state index contributed by atoms with van der Waals surface area (Å²) in [5, 5.41) is 4.26. The standard InChI is InChI=1S/C10H10ClN3O2/c1-15-5-4-9-13-10(16-14-9)7-2-3-8(11)12-6-7/h2-3,6H,4-5H2,1H3. The van der Waals surface area contributed by atoms with E-state index in [0.29, 0.717) is 29.9 Å². The van der Waals surface area contributed by atoms with Gasteiger partial charge >= 0.3 is 0 Å². The predicted molar refractivity (Wildman–Crippen MR) is 58.1 cm³/mol. The molecule has 0 N–H and O–H groups in total. The van der Waals surface area contributed by atoms with E-state index < -0.39 is 0 Å². The molecule has 0 aliphatic carbocycles. The van der Waals surface area contributed by atoms with Gasteiger partial charge in [-0.05, 0) is 12.1 Å². The number of nitrogens with zero attached hydrogens (tertiary/aromatic N) is 3. The van der Waals surface area contributed by atoms with Crippen molar-refractivity contribution in [1.29, 1.82) is 0 Å². The van der Waals surface area contributed by atoms with Gasteiger partial charge in [0.2, 0.25) is 0 Å². The lowest BCUT2D eigenvalue weighted by Gasteiger charge is -1.92. The Bertz CT molecular complexity index is 455. The Hall–Kier alpha value is -1.46. The highest BCUT2D eigenvalue weighted by atomic mass is 35.5. The van der Waals surface area contributed by atoms with Crippen LogP contribution in [0.1, 0.15) is 5.82 Å². The molecule has 0 aliphatic rings. The molecule has 2 rings (SSSR count). The molecule has 6 heteroatoms. The zero-order valence-corrected chi connectivity index (χ0v) is 9.44. The molecule has 0 saturated heterocycles. The first-order valence-corrected chi connectivity index (χ1v) is 5.11. The second kappa shape index (κ2) is 5.05. The fourth-order valence-corrected chi connectivity index (χ4v) is 1.28. The van der Waals surface area contributed by atoms with Crippen molar-refractivity contribution in [3.05, 3.63) is 29.3 Å². The van der Waals surface area contributed by atoms with Crippen LogP contribution in [-0.2, 0) is 11.2 Å². The summed E-state index contributed by atoms with van der Waals surface area (Å²) in [6.07, 6.45) is 2.22. The molecule has 2 heterocycles. The fourth-order valence-electron chi connectivity index (χ4n) is 1.17. The van der Waals surface area contributed by atoms with Crippen molar-refractivity contribution in [2.75, 3.05) is 13.7 Å². The summed E-state index contributed by atoms with van der Waals surface area (Å²) in [5.41, 5.74) is 0.751. The number of rotatable bonds is 4. The Morgan fingerprint density at radius 2 is 2.31 bits per heavy atom. The summed E-state index contributed by atoms with van der Waals surface area (Å²) in [7, 11) is 1.63. The van der Waals surface area contributed by atoms with E-state index >= 15 is 0 Å². The molecule has 0 spiro atoms. The molecular formula is C10H10ClN3O2. The topological polar surface area (TPSA) is 61.0 Å². The SMILES string of the molecule is COCCc1noc(-c2ccc(Cl)nc2)n1. The number of pyridine rings is 1. The van der Waals surface area contributed by atoms with Crippen molar-refractivity contribution >= 4 is 11.6 Å². The maximum atomic E-state index is 5.68. The molecule has 16 heavy (non-hydrogen) atoms. The molecular weight excluding hydrogens is 230 g/mol. The average molecular weight is 240 g/mol. The van der Waals surface area contributed by atoms with Crippen LogP contribution in [0.4, 0.5) is 0 Å². The summed E-state index contributed by atoms with van der Waals surface area (Å²) >= 11 is 5.68. The van der Waals surface area contributed by atoms with Crippen molar-refractivity contribution in [3.8, 4) is 11.5 Å². The van der Waals surface area contributed by atoms with Crippen LogP contribution >= 0.6 is 11.6 Å². The normalized spacial score (nSPS) is 10.6. The molecule has 0 aliphatic heterocycles. The lowest BCUT2D eigenvalue weighted by Crippen LogP contribution is -1.96. The van der Waals surface area contributed by atoms with Crippen LogP contribution in [0.5, 0.6) is 0 Å². The third-order valence-electron chi connectivity index (χ3n) is 1.97. The molecule has 0 atom stereocenters. The molecule has 0 radical (unpaired) electrons. The maximum absolute atomic E-state index is 5.68. The van der Waals surface area contributed by atoms with Crippen molar-refractivity contribution in [3.63, 3.8) is 0 Å². The molecule has 0 unspecified atom stereocenters. The molecule has 0 bridgehead atoms. The van der Waals surface area contributed by atoms with Gasteiger partial charge in [0.15, 0.2) is 5.82 Å². The van der Waals surface area contributed by atoms with Crippen LogP contribution in [0, 0.1) is 0 Å². The van der Waals surface area contributed by atoms with Gasteiger partial charge in [-0.15, -0.1) is 0 Å². The summed E-state index contributed by atoms with van der Waals surface area (Å²) in [4.78, 5) is 8.15. The van der Waals surface area contributed by atoms with Crippen LogP contribution < -0.4 is 0 Å². The first kappa shape index (κ1) is 11.0. The molecule has 5 nitrogen and oxygen atoms in total. The van der Waals surface area contributed by atoms with Gasteiger partial charge in [0.05, 0.1) is 12.2 Å². The molecule has 0 saturated carbocycles. The minimum atomic E-state index is 0.433. The number of aromatic nitrogens is 3. The zero-order valence-electron chi connectivity index (χ0n) is 8.68. The van der Waals surface area contributed by atoms with Crippen LogP contribution in [0.25, 0.3) is 11.5 Å². The van der Waals surface area contributed by atoms with Crippen molar-refractivity contribution in [2.24, 2.45) is 0 Å². The predicted octanol–water partition coefficient (Wildman–Crippen LogP) is 1.97. The third-order valence-corrected chi connectivity index (χ3v) is 2.20. The maximum Gasteiger partial charge on any atom is 0.259 e. The third kappa shape index (κ3) is 2.56. The number of methoxy groups -OCH3 is 1. The average Bonchev–Trinajstić information content (AvgIpc) is 2.76. The van der Waals surface area contributed by atoms with Gasteiger partial charge in [0.1, 0.15) is 5.15 Å². The Balaban J connectivity index is 2.15. The van der Waals surface area contributed by atoms with Gasteiger partial charge in [-0.3, -0.25) is 0 Å². The number of hydrogen-bond acceptors (Lipinski definition) is 5. The van der Waals surface area contributed by atoms with Gasteiger partial charge in [0.25, 0.3) is 5.89 Å². The molecule has 2 aromatic heterocycles. The highest BCUT2D eigenvalue weighted by Gasteiger charge is 2.08. The van der Waals surface area contributed by atoms with E-state index in [2.05, 4.69) is 15.1 Å². The van der Waals surface area contributed by atoms with Crippen LogP contribution in [-0.4, -0.2) is 28.8 Å². The number of ether oxygens (including phenoxy) is 1. The smallest absolute Gasteiger partial charge is 0.259 e. The van der Waals surface area contributed by atoms with E-state index in [4.69, 9.17) is 20.9 Å². The molecule has 84 valence electrons. The van der Waals surface area contributed by atoms with Gasteiger partial charge in [-0.25, -0.2) is 4.98 Å². The van der Waals surface area contributed by atoms with Crippen LogP contribution in [0.3, 0.4) is 0 Å². The van der Waals surface area contributed by atoms with Crippen molar-refractivity contribution in [2.45, 2.75) is 6.42 Å². The minimum absolute atomic E-state index is 0.433. The Morgan fingerprint density at radius 3 is 3.00 bits per heavy atom. The zero-order chi connectivity index (χ0) is 11.4. The molecule has 0 aromatic carbocycles. The second-order valence-electron chi connectivity index (χ2n) is 3.13. The van der Waals surface area contributed by atoms with Crippen LogP contribution in [0.15, 0.2) is 22.9 Å². The van der Waals surface area contributed by atoms with Gasteiger partial charge in [-0.1, -0.05) is 16.8 Å². The lowest BCUT2D eigenvalue weighted by atomic mass is 10.3. The number of hydrogen-bond donors (Lipinski definition) is 0. The Morgan fingerprint density at radius 1 is 1.44 bits per heavy atom. The van der Waals surface area contributed by atoms with Crippen LogP contribution in [0.2, 0.25) is 5.15 Å². The van der Waals surface area contributed by atoms with Gasteiger partial charge in [0, 0.05) is 19.7 Å². The largest absolute Gasteiger partial charge is 0.384 e. The minimum Gasteiger partial charge on any atom is -0.384 e. The summed E-state index contributed by atoms with van der Waals surface area (Å²) < 4.78 is 10.0. The first-order valence-electron chi connectivity index (χ1n) is 4.73. The number of halogens is 1. The Kier molecular flexibility index (Phi) is 3.48. The Labute approximate surface area is 97.4 Å². The van der Waals surface area contributed by atoms with E-state index in [9.17, 15) is 0 Å². The quantitative estimate of drug-likeness (QED) is 0.764. The summed E-state index contributed by atoms with van der Waals surface area (Å²) in [5.74, 6) is 1.06. The first-order chi connectivity index (χ1) is 7.79. The summed E-state index contributed by atoms with van der Waals surface area (Å²) in [6.45, 7) is 0.567. The van der Waals surface area contributed by atoms with E-state index in [-0.39, 0.29) is 0 Å². The van der Waals surface area contributed by atoms with E-state index in [1.165, 1.54) is 0 Å². The fraction of sp³-hybridized carbons (Fsp3) is 0.300. The van der Waals surface area contributed by atoms with E-state index in [1.54, 1.807) is 25.4 Å². The second-order valence-corrected chi connectivity index (χ2v) is 3.52. The lowest BCUT2D eigenvalue weighted by molar-refractivity contribution is 0.199. The molecule has 0 amide bonds. The molecule has 2 aromatic rings. The van der Waals surface area contributed by atoms with E-state index in [1.807, 2.05) is 0 Å². The van der Waals surface area contributed by atoms with Crippen molar-refractivity contribution in [1.82, 2.24) is 15.1 Å². The highest BCUT2D eigenvalue weighted by molar-refractivity contribution is 6.29. The van der Waals surface area contributed by atoms with Gasteiger partial charge in [-0.2, -0.15) is 4.98 Å². The molecule has 0 fully saturated rings. The van der Waals surface area contributed by atoms with Gasteiger partial charge < -0.3 is 9.26 Å². The van der Waals surface area contributed by atoms with Crippen molar-refractivity contribution < 1.29 is 9.26 Å². The summed E-state index contributed by atoms with van der Waals surface area (Å²) in [6, 6.07) is 3.46.